The molecule has 0 aliphatic carbocycles. The van der Waals surface area contributed by atoms with Crippen molar-refractivity contribution in [3.63, 3.8) is 0 Å². The van der Waals surface area contributed by atoms with Crippen LogP contribution in [0.25, 0.3) is 44.7 Å². The van der Waals surface area contributed by atoms with E-state index in [2.05, 4.69) is 17.0 Å². The number of anilines is 3. The Labute approximate surface area is 248 Å². The molecular formula is C38H25F2N3. The SMILES string of the molecule is Fc1ccc(F)c(-c2cccc(N(c3ccccc3)c3cccc4c(-c5ccccc5)nc(-c5ccccc5)nc34)c2)c1. The first-order valence-electron chi connectivity index (χ1n) is 14.0. The van der Waals surface area contributed by atoms with Gasteiger partial charge < -0.3 is 4.90 Å². The molecule has 0 aliphatic rings. The summed E-state index contributed by atoms with van der Waals surface area (Å²) in [5, 5.41) is 0.900. The van der Waals surface area contributed by atoms with Crippen molar-refractivity contribution in [2.24, 2.45) is 0 Å². The topological polar surface area (TPSA) is 29.0 Å². The first-order valence-corrected chi connectivity index (χ1v) is 14.0. The standard InChI is InChI=1S/C38H25F2N3/c39-29-22-23-34(40)33(25-29)28-16-10-19-31(24-28)43(30-17-8-3-9-18-30)35-21-11-20-32-36(26-12-4-1-5-13-26)41-38(42-37(32)35)27-14-6-2-7-15-27/h1-25H. The molecule has 5 heteroatoms. The van der Waals surface area contributed by atoms with Crippen LogP contribution in [-0.4, -0.2) is 9.97 Å². The molecule has 1 aromatic heterocycles. The predicted molar refractivity (Wildman–Crippen MR) is 170 cm³/mol. The number of hydrogen-bond acceptors (Lipinski definition) is 3. The van der Waals surface area contributed by atoms with Crippen LogP contribution in [-0.2, 0) is 0 Å². The summed E-state index contributed by atoms with van der Waals surface area (Å²) >= 11 is 0. The van der Waals surface area contributed by atoms with Gasteiger partial charge in [-0.25, -0.2) is 18.7 Å². The van der Waals surface area contributed by atoms with Gasteiger partial charge in [0.1, 0.15) is 11.6 Å². The molecule has 206 valence electrons. The van der Waals surface area contributed by atoms with E-state index in [9.17, 15) is 8.78 Å². The van der Waals surface area contributed by atoms with E-state index in [4.69, 9.17) is 9.97 Å². The van der Waals surface area contributed by atoms with Crippen molar-refractivity contribution in [3.8, 4) is 33.8 Å². The molecule has 0 aliphatic heterocycles. The maximum absolute atomic E-state index is 14.9. The molecule has 0 saturated heterocycles. The first kappa shape index (κ1) is 26.2. The van der Waals surface area contributed by atoms with Gasteiger partial charge in [0.25, 0.3) is 0 Å². The van der Waals surface area contributed by atoms with Crippen LogP contribution in [0.4, 0.5) is 25.8 Å². The second kappa shape index (κ2) is 11.3. The largest absolute Gasteiger partial charge is 0.308 e. The number of benzene rings is 6. The lowest BCUT2D eigenvalue weighted by Gasteiger charge is -2.27. The first-order chi connectivity index (χ1) is 21.2. The van der Waals surface area contributed by atoms with Crippen LogP contribution in [0.5, 0.6) is 0 Å². The fourth-order valence-electron chi connectivity index (χ4n) is 5.39. The Balaban J connectivity index is 1.50. The van der Waals surface area contributed by atoms with Gasteiger partial charge in [-0.1, -0.05) is 103 Å². The number of rotatable bonds is 6. The van der Waals surface area contributed by atoms with E-state index < -0.39 is 11.6 Å². The fourth-order valence-corrected chi connectivity index (χ4v) is 5.39. The summed E-state index contributed by atoms with van der Waals surface area (Å²) in [5.74, 6) is -0.361. The van der Waals surface area contributed by atoms with Gasteiger partial charge in [-0.3, -0.25) is 0 Å². The Morgan fingerprint density at radius 2 is 1.12 bits per heavy atom. The zero-order valence-electron chi connectivity index (χ0n) is 23.0. The normalized spacial score (nSPS) is 11.0. The summed E-state index contributed by atoms with van der Waals surface area (Å²) in [6.45, 7) is 0. The van der Waals surface area contributed by atoms with Gasteiger partial charge in [0.05, 0.1) is 16.9 Å². The fraction of sp³-hybridized carbons (Fsp3) is 0. The van der Waals surface area contributed by atoms with Crippen molar-refractivity contribution < 1.29 is 8.78 Å². The van der Waals surface area contributed by atoms with Crippen LogP contribution in [0.1, 0.15) is 0 Å². The van der Waals surface area contributed by atoms with Gasteiger partial charge in [0, 0.05) is 33.5 Å². The van der Waals surface area contributed by atoms with E-state index in [0.717, 1.165) is 56.9 Å². The Kier molecular flexibility index (Phi) is 6.89. The Morgan fingerprint density at radius 1 is 0.488 bits per heavy atom. The summed E-state index contributed by atoms with van der Waals surface area (Å²) in [6.07, 6.45) is 0. The van der Waals surface area contributed by atoms with Gasteiger partial charge in [-0.15, -0.1) is 0 Å². The number of hydrogen-bond donors (Lipinski definition) is 0. The minimum atomic E-state index is -0.491. The molecule has 3 nitrogen and oxygen atoms in total. The molecule has 0 amide bonds. The number of fused-ring (bicyclic) bond motifs is 1. The summed E-state index contributed by atoms with van der Waals surface area (Å²) in [7, 11) is 0. The van der Waals surface area contributed by atoms with E-state index in [1.165, 1.54) is 6.07 Å². The highest BCUT2D eigenvalue weighted by atomic mass is 19.1. The molecule has 0 spiro atoms. The van der Waals surface area contributed by atoms with Crippen molar-refractivity contribution in [2.45, 2.75) is 0 Å². The minimum absolute atomic E-state index is 0.202. The summed E-state index contributed by atoms with van der Waals surface area (Å²) < 4.78 is 29.0. The maximum atomic E-state index is 14.9. The van der Waals surface area contributed by atoms with Crippen LogP contribution in [0.3, 0.4) is 0 Å². The molecule has 7 rings (SSSR count). The van der Waals surface area contributed by atoms with E-state index in [1.54, 1.807) is 6.07 Å². The van der Waals surface area contributed by atoms with Crippen LogP contribution in [0.2, 0.25) is 0 Å². The molecule has 1 heterocycles. The van der Waals surface area contributed by atoms with E-state index in [1.807, 2.05) is 115 Å². The number of aromatic nitrogens is 2. The Hall–Kier alpha value is -5.68. The molecule has 0 atom stereocenters. The van der Waals surface area contributed by atoms with Crippen molar-refractivity contribution >= 4 is 28.0 Å². The van der Waals surface area contributed by atoms with Crippen LogP contribution in [0, 0.1) is 11.6 Å². The molecule has 43 heavy (non-hydrogen) atoms. The summed E-state index contributed by atoms with van der Waals surface area (Å²) in [4.78, 5) is 12.3. The lowest BCUT2D eigenvalue weighted by atomic mass is 10.0. The zero-order chi connectivity index (χ0) is 29.2. The summed E-state index contributed by atoms with van der Waals surface area (Å²) in [6, 6.07) is 47.0. The predicted octanol–water partition coefficient (Wildman–Crippen LogP) is 10.4. The van der Waals surface area contributed by atoms with Crippen LogP contribution >= 0.6 is 0 Å². The molecule has 0 radical (unpaired) electrons. The van der Waals surface area contributed by atoms with E-state index in [0.29, 0.717) is 11.4 Å². The minimum Gasteiger partial charge on any atom is -0.308 e. The van der Waals surface area contributed by atoms with Crippen molar-refractivity contribution in [3.05, 3.63) is 163 Å². The van der Waals surface area contributed by atoms with Crippen molar-refractivity contribution in [1.29, 1.82) is 0 Å². The van der Waals surface area contributed by atoms with E-state index in [-0.39, 0.29) is 5.56 Å². The molecule has 7 aromatic rings. The molecule has 0 N–H and O–H groups in total. The van der Waals surface area contributed by atoms with Crippen LogP contribution < -0.4 is 4.90 Å². The molecule has 0 bridgehead atoms. The quantitative estimate of drug-likeness (QED) is 0.202. The molecule has 0 saturated carbocycles. The third-order valence-corrected chi connectivity index (χ3v) is 7.38. The van der Waals surface area contributed by atoms with Gasteiger partial charge in [-0.05, 0) is 54.1 Å². The lowest BCUT2D eigenvalue weighted by molar-refractivity contribution is 0.603. The monoisotopic (exact) mass is 561 g/mol. The Morgan fingerprint density at radius 3 is 1.86 bits per heavy atom. The van der Waals surface area contributed by atoms with Crippen molar-refractivity contribution in [2.75, 3.05) is 4.90 Å². The molecular weight excluding hydrogens is 536 g/mol. The maximum Gasteiger partial charge on any atom is 0.160 e. The van der Waals surface area contributed by atoms with Gasteiger partial charge in [0.2, 0.25) is 0 Å². The highest BCUT2D eigenvalue weighted by Gasteiger charge is 2.20. The second-order valence-electron chi connectivity index (χ2n) is 10.1. The molecule has 0 unspecified atom stereocenters. The lowest BCUT2D eigenvalue weighted by Crippen LogP contribution is -2.11. The van der Waals surface area contributed by atoms with Crippen molar-refractivity contribution in [1.82, 2.24) is 9.97 Å². The number of para-hydroxylation sites is 2. The third-order valence-electron chi connectivity index (χ3n) is 7.38. The van der Waals surface area contributed by atoms with Gasteiger partial charge >= 0.3 is 0 Å². The second-order valence-corrected chi connectivity index (χ2v) is 10.1. The highest BCUT2D eigenvalue weighted by molar-refractivity contribution is 6.03. The average Bonchev–Trinajstić information content (AvgIpc) is 3.07. The highest BCUT2D eigenvalue weighted by Crippen LogP contribution is 2.41. The van der Waals surface area contributed by atoms with Crippen LogP contribution in [0.15, 0.2) is 152 Å². The van der Waals surface area contributed by atoms with E-state index >= 15 is 0 Å². The Bertz CT molecular complexity index is 2050. The molecule has 6 aromatic carbocycles. The smallest absolute Gasteiger partial charge is 0.160 e. The third kappa shape index (κ3) is 5.13. The van der Waals surface area contributed by atoms with Gasteiger partial charge in [0.15, 0.2) is 5.82 Å². The number of nitrogens with zero attached hydrogens (tertiary/aromatic N) is 3. The zero-order valence-corrected chi connectivity index (χ0v) is 23.0. The number of halogens is 2. The average molecular weight is 562 g/mol. The molecule has 0 fully saturated rings. The van der Waals surface area contributed by atoms with Gasteiger partial charge in [-0.2, -0.15) is 0 Å². The summed E-state index contributed by atoms with van der Waals surface area (Å²) in [5.41, 5.74) is 6.76.